The Bertz CT molecular complexity index is 585. The van der Waals surface area contributed by atoms with Crippen LogP contribution in [0.3, 0.4) is 0 Å². The maximum atomic E-state index is 11.7. The second-order valence-electron chi connectivity index (χ2n) is 3.91. The van der Waals surface area contributed by atoms with Crippen LogP contribution in [0, 0.1) is 13.8 Å². The standard InChI is InChI=1S/C13H14N2O2/c1-8-4-6-10(7-5-8)11-14-12(16)9(2)13(15-11)17-3/h4-7H,1-3H3,(H,14,15,16). The van der Waals surface area contributed by atoms with Crippen molar-refractivity contribution in [1.82, 2.24) is 9.97 Å². The first-order chi connectivity index (χ1) is 8.11. The molecule has 4 nitrogen and oxygen atoms in total. The number of ether oxygens (including phenoxy) is 1. The normalized spacial score (nSPS) is 10.3. The molecular weight excluding hydrogens is 216 g/mol. The Morgan fingerprint density at radius 1 is 1.18 bits per heavy atom. The van der Waals surface area contributed by atoms with Crippen molar-refractivity contribution in [2.24, 2.45) is 0 Å². The van der Waals surface area contributed by atoms with E-state index in [0.29, 0.717) is 17.3 Å². The number of aromatic nitrogens is 2. The number of H-pyrrole nitrogens is 1. The van der Waals surface area contributed by atoms with Gasteiger partial charge in [-0.05, 0) is 13.8 Å². The van der Waals surface area contributed by atoms with E-state index in [9.17, 15) is 4.79 Å². The van der Waals surface area contributed by atoms with E-state index in [2.05, 4.69) is 9.97 Å². The van der Waals surface area contributed by atoms with Gasteiger partial charge in [0.25, 0.3) is 5.56 Å². The Kier molecular flexibility index (Phi) is 2.95. The second kappa shape index (κ2) is 4.41. The molecule has 0 atom stereocenters. The van der Waals surface area contributed by atoms with Gasteiger partial charge < -0.3 is 9.72 Å². The molecule has 4 heteroatoms. The molecule has 0 saturated heterocycles. The zero-order valence-electron chi connectivity index (χ0n) is 10.1. The molecule has 0 spiro atoms. The van der Waals surface area contributed by atoms with Crippen LogP contribution in [0.1, 0.15) is 11.1 Å². The van der Waals surface area contributed by atoms with Crippen LogP contribution in [0.15, 0.2) is 29.1 Å². The van der Waals surface area contributed by atoms with E-state index in [0.717, 1.165) is 11.1 Å². The highest BCUT2D eigenvalue weighted by Crippen LogP contribution is 2.18. The molecule has 17 heavy (non-hydrogen) atoms. The minimum atomic E-state index is -0.174. The fraction of sp³-hybridized carbons (Fsp3) is 0.231. The first-order valence-electron chi connectivity index (χ1n) is 5.34. The molecule has 2 rings (SSSR count). The highest BCUT2D eigenvalue weighted by atomic mass is 16.5. The number of rotatable bonds is 2. The predicted octanol–water partition coefficient (Wildman–Crippen LogP) is 2.06. The molecule has 0 aliphatic carbocycles. The average Bonchev–Trinajstić information content (AvgIpc) is 2.33. The summed E-state index contributed by atoms with van der Waals surface area (Å²) in [6.45, 7) is 3.69. The van der Waals surface area contributed by atoms with Crippen LogP contribution in [0.2, 0.25) is 0 Å². The van der Waals surface area contributed by atoms with Crippen LogP contribution in [0.5, 0.6) is 5.88 Å². The summed E-state index contributed by atoms with van der Waals surface area (Å²) in [7, 11) is 1.51. The molecule has 0 unspecified atom stereocenters. The quantitative estimate of drug-likeness (QED) is 0.859. The van der Waals surface area contributed by atoms with Gasteiger partial charge in [0.05, 0.1) is 12.7 Å². The van der Waals surface area contributed by atoms with Gasteiger partial charge in [0.2, 0.25) is 5.88 Å². The van der Waals surface area contributed by atoms with E-state index in [4.69, 9.17) is 4.74 Å². The van der Waals surface area contributed by atoms with Crippen molar-refractivity contribution in [2.45, 2.75) is 13.8 Å². The van der Waals surface area contributed by atoms with Crippen molar-refractivity contribution in [3.63, 3.8) is 0 Å². The maximum absolute atomic E-state index is 11.7. The largest absolute Gasteiger partial charge is 0.481 e. The van der Waals surface area contributed by atoms with Gasteiger partial charge in [0.15, 0.2) is 0 Å². The number of hydrogen-bond acceptors (Lipinski definition) is 3. The Morgan fingerprint density at radius 2 is 1.82 bits per heavy atom. The van der Waals surface area contributed by atoms with Crippen LogP contribution in [-0.4, -0.2) is 17.1 Å². The number of hydrogen-bond donors (Lipinski definition) is 1. The molecule has 1 N–H and O–H groups in total. The highest BCUT2D eigenvalue weighted by Gasteiger charge is 2.08. The molecule has 1 heterocycles. The number of aryl methyl sites for hydroxylation is 1. The van der Waals surface area contributed by atoms with Gasteiger partial charge in [0.1, 0.15) is 5.82 Å². The van der Waals surface area contributed by atoms with Gasteiger partial charge in [-0.2, -0.15) is 4.98 Å². The number of aromatic amines is 1. The van der Waals surface area contributed by atoms with E-state index in [-0.39, 0.29) is 5.56 Å². The summed E-state index contributed by atoms with van der Waals surface area (Å²) in [5.41, 5.74) is 2.34. The van der Waals surface area contributed by atoms with Crippen molar-refractivity contribution >= 4 is 0 Å². The van der Waals surface area contributed by atoms with Gasteiger partial charge >= 0.3 is 0 Å². The van der Waals surface area contributed by atoms with E-state index in [1.165, 1.54) is 7.11 Å². The number of benzene rings is 1. The van der Waals surface area contributed by atoms with Crippen molar-refractivity contribution in [2.75, 3.05) is 7.11 Å². The van der Waals surface area contributed by atoms with Gasteiger partial charge in [-0.1, -0.05) is 29.8 Å². The van der Waals surface area contributed by atoms with Gasteiger partial charge in [0, 0.05) is 5.56 Å². The minimum absolute atomic E-state index is 0.174. The van der Waals surface area contributed by atoms with E-state index >= 15 is 0 Å². The van der Waals surface area contributed by atoms with Crippen molar-refractivity contribution < 1.29 is 4.74 Å². The lowest BCUT2D eigenvalue weighted by Crippen LogP contribution is -2.14. The Balaban J connectivity index is 2.56. The van der Waals surface area contributed by atoms with Crippen LogP contribution < -0.4 is 10.3 Å². The molecule has 0 aliphatic heterocycles. The second-order valence-corrected chi connectivity index (χ2v) is 3.91. The van der Waals surface area contributed by atoms with E-state index in [1.54, 1.807) is 6.92 Å². The summed E-state index contributed by atoms with van der Waals surface area (Å²) in [4.78, 5) is 18.7. The zero-order chi connectivity index (χ0) is 12.4. The lowest BCUT2D eigenvalue weighted by atomic mass is 10.1. The molecular formula is C13H14N2O2. The molecule has 1 aromatic heterocycles. The van der Waals surface area contributed by atoms with Crippen LogP contribution >= 0.6 is 0 Å². The summed E-state index contributed by atoms with van der Waals surface area (Å²) in [5, 5.41) is 0. The monoisotopic (exact) mass is 230 g/mol. The SMILES string of the molecule is COc1nc(-c2ccc(C)cc2)[nH]c(=O)c1C. The highest BCUT2D eigenvalue weighted by molar-refractivity contribution is 5.56. The summed E-state index contributed by atoms with van der Waals surface area (Å²) in [6.07, 6.45) is 0. The predicted molar refractivity (Wildman–Crippen MR) is 66.3 cm³/mol. The van der Waals surface area contributed by atoms with Gasteiger partial charge in [-0.25, -0.2) is 0 Å². The Labute approximate surface area is 99.3 Å². The molecule has 0 radical (unpaired) electrons. The number of nitrogens with zero attached hydrogens (tertiary/aromatic N) is 1. The Hall–Kier alpha value is -2.10. The van der Waals surface area contributed by atoms with Crippen LogP contribution in [0.4, 0.5) is 0 Å². The topological polar surface area (TPSA) is 55.0 Å². The lowest BCUT2D eigenvalue weighted by Gasteiger charge is -2.06. The fourth-order valence-corrected chi connectivity index (χ4v) is 1.56. The number of methoxy groups -OCH3 is 1. The maximum Gasteiger partial charge on any atom is 0.257 e. The minimum Gasteiger partial charge on any atom is -0.481 e. The fourth-order valence-electron chi connectivity index (χ4n) is 1.56. The summed E-state index contributed by atoms with van der Waals surface area (Å²) < 4.78 is 5.08. The van der Waals surface area contributed by atoms with Crippen molar-refractivity contribution in [3.05, 3.63) is 45.7 Å². The Morgan fingerprint density at radius 3 is 2.41 bits per heavy atom. The van der Waals surface area contributed by atoms with Gasteiger partial charge in [-0.3, -0.25) is 4.79 Å². The average molecular weight is 230 g/mol. The first kappa shape index (κ1) is 11.4. The molecule has 2 aromatic rings. The van der Waals surface area contributed by atoms with Gasteiger partial charge in [-0.15, -0.1) is 0 Å². The van der Waals surface area contributed by atoms with Crippen LogP contribution in [-0.2, 0) is 0 Å². The van der Waals surface area contributed by atoms with E-state index < -0.39 is 0 Å². The lowest BCUT2D eigenvalue weighted by molar-refractivity contribution is 0.393. The molecule has 88 valence electrons. The summed E-state index contributed by atoms with van der Waals surface area (Å²) >= 11 is 0. The third kappa shape index (κ3) is 2.20. The van der Waals surface area contributed by atoms with Crippen molar-refractivity contribution in [1.29, 1.82) is 0 Å². The summed E-state index contributed by atoms with van der Waals surface area (Å²) in [6, 6.07) is 7.79. The first-order valence-corrected chi connectivity index (χ1v) is 5.34. The smallest absolute Gasteiger partial charge is 0.257 e. The van der Waals surface area contributed by atoms with Crippen LogP contribution in [0.25, 0.3) is 11.4 Å². The zero-order valence-corrected chi connectivity index (χ0v) is 10.1. The third-order valence-corrected chi connectivity index (χ3v) is 2.63. The molecule has 0 fully saturated rings. The van der Waals surface area contributed by atoms with E-state index in [1.807, 2.05) is 31.2 Å². The molecule has 0 aliphatic rings. The molecule has 1 aromatic carbocycles. The summed E-state index contributed by atoms with van der Waals surface area (Å²) in [5.74, 6) is 0.891. The number of nitrogens with one attached hydrogen (secondary N) is 1. The molecule has 0 amide bonds. The molecule has 0 saturated carbocycles. The third-order valence-electron chi connectivity index (χ3n) is 2.63. The van der Waals surface area contributed by atoms with Crippen molar-refractivity contribution in [3.8, 4) is 17.3 Å². The molecule has 0 bridgehead atoms.